The first kappa shape index (κ1) is 17.0. The van der Waals surface area contributed by atoms with E-state index in [-0.39, 0.29) is 12.0 Å². The van der Waals surface area contributed by atoms with E-state index in [1.54, 1.807) is 6.20 Å². The fraction of sp³-hybridized carbons (Fsp3) is 0.238. The molecule has 4 rings (SSSR count). The smallest absolute Gasteiger partial charge is 0.227 e. The molecule has 3 aromatic rings. The van der Waals surface area contributed by atoms with Crippen LogP contribution in [0, 0.1) is 0 Å². The normalized spacial score (nSPS) is 16.8. The highest BCUT2D eigenvalue weighted by molar-refractivity contribution is 9.10. The zero-order valence-corrected chi connectivity index (χ0v) is 15.9. The highest BCUT2D eigenvalue weighted by atomic mass is 79.9. The molecule has 0 bridgehead atoms. The largest absolute Gasteiger partial charge is 0.486 e. The zero-order chi connectivity index (χ0) is 17.9. The first-order valence-electron chi connectivity index (χ1n) is 8.72. The minimum absolute atomic E-state index is 0.0106. The van der Waals surface area contributed by atoms with Crippen LogP contribution in [0.5, 0.6) is 5.75 Å². The summed E-state index contributed by atoms with van der Waals surface area (Å²) < 4.78 is 7.19. The summed E-state index contributed by atoms with van der Waals surface area (Å²) in [5.41, 5.74) is 1.90. The van der Waals surface area contributed by atoms with Gasteiger partial charge >= 0.3 is 0 Å². The van der Waals surface area contributed by atoms with Gasteiger partial charge in [0.2, 0.25) is 5.91 Å². The number of benzene rings is 2. The number of carbonyl (C=O) groups is 1. The Labute approximate surface area is 160 Å². The molecular formula is C21H19BrN2O2. The van der Waals surface area contributed by atoms with Crippen LogP contribution in [0.1, 0.15) is 12.0 Å². The van der Waals surface area contributed by atoms with Gasteiger partial charge in [-0.1, -0.05) is 46.3 Å². The highest BCUT2D eigenvalue weighted by Crippen LogP contribution is 2.26. The van der Waals surface area contributed by atoms with Crippen LogP contribution in [-0.4, -0.2) is 35.0 Å². The van der Waals surface area contributed by atoms with Gasteiger partial charge in [-0.05, 0) is 29.8 Å². The van der Waals surface area contributed by atoms with E-state index in [9.17, 15) is 4.79 Å². The molecule has 0 saturated carbocycles. The Kier molecular flexibility index (Phi) is 4.89. The van der Waals surface area contributed by atoms with Crippen molar-refractivity contribution < 1.29 is 9.53 Å². The van der Waals surface area contributed by atoms with E-state index in [1.807, 2.05) is 59.5 Å². The third-order valence-corrected chi connectivity index (χ3v) is 5.18. The molecule has 0 aliphatic carbocycles. The maximum absolute atomic E-state index is 12.6. The van der Waals surface area contributed by atoms with Gasteiger partial charge < -0.3 is 9.64 Å². The lowest BCUT2D eigenvalue weighted by Crippen LogP contribution is -2.32. The Balaban J connectivity index is 1.40. The number of pyridine rings is 1. The SMILES string of the molecule is O=C(Cc1ccc(Br)cc1)N1CC[C@@H](Oc2cccc3cccnc23)C1. The summed E-state index contributed by atoms with van der Waals surface area (Å²) in [6, 6.07) is 17.8. The molecule has 132 valence electrons. The van der Waals surface area contributed by atoms with Gasteiger partial charge in [0.25, 0.3) is 0 Å². The first-order chi connectivity index (χ1) is 12.7. The van der Waals surface area contributed by atoms with Crippen LogP contribution in [0.25, 0.3) is 10.9 Å². The summed E-state index contributed by atoms with van der Waals surface area (Å²) in [4.78, 5) is 18.9. The predicted molar refractivity (Wildman–Crippen MR) is 105 cm³/mol. The summed E-state index contributed by atoms with van der Waals surface area (Å²) in [7, 11) is 0. The Bertz CT molecular complexity index is 921. The molecule has 1 aliphatic heterocycles. The molecule has 2 aromatic carbocycles. The van der Waals surface area contributed by atoms with E-state index in [2.05, 4.69) is 20.9 Å². The van der Waals surface area contributed by atoms with Crippen LogP contribution in [-0.2, 0) is 11.2 Å². The Morgan fingerprint density at radius 2 is 1.96 bits per heavy atom. The van der Waals surface area contributed by atoms with Gasteiger partial charge in [-0.2, -0.15) is 0 Å². The van der Waals surface area contributed by atoms with E-state index < -0.39 is 0 Å². The van der Waals surface area contributed by atoms with Gasteiger partial charge in [0.1, 0.15) is 17.4 Å². The van der Waals surface area contributed by atoms with Crippen molar-refractivity contribution >= 4 is 32.7 Å². The molecule has 1 saturated heterocycles. The van der Waals surface area contributed by atoms with Crippen LogP contribution in [0.3, 0.4) is 0 Å². The van der Waals surface area contributed by atoms with Crippen molar-refractivity contribution in [2.24, 2.45) is 0 Å². The van der Waals surface area contributed by atoms with E-state index in [1.165, 1.54) is 0 Å². The summed E-state index contributed by atoms with van der Waals surface area (Å²) >= 11 is 3.42. The number of likely N-dealkylation sites (tertiary alicyclic amines) is 1. The van der Waals surface area contributed by atoms with Gasteiger partial charge in [0.05, 0.1) is 13.0 Å². The van der Waals surface area contributed by atoms with Crippen molar-refractivity contribution in [3.63, 3.8) is 0 Å². The number of ether oxygens (including phenoxy) is 1. The fourth-order valence-electron chi connectivity index (χ4n) is 3.29. The van der Waals surface area contributed by atoms with Crippen molar-refractivity contribution in [1.29, 1.82) is 0 Å². The molecule has 0 N–H and O–H groups in total. The van der Waals surface area contributed by atoms with E-state index in [0.717, 1.165) is 39.7 Å². The van der Waals surface area contributed by atoms with Crippen molar-refractivity contribution in [3.05, 3.63) is 70.8 Å². The molecule has 1 fully saturated rings. The number of halogens is 1. The quantitative estimate of drug-likeness (QED) is 0.646. The Morgan fingerprint density at radius 1 is 1.15 bits per heavy atom. The van der Waals surface area contributed by atoms with Gasteiger partial charge in [0.15, 0.2) is 0 Å². The third-order valence-electron chi connectivity index (χ3n) is 4.66. The van der Waals surface area contributed by atoms with E-state index in [0.29, 0.717) is 13.0 Å². The molecule has 1 atom stereocenters. The maximum atomic E-state index is 12.6. The lowest BCUT2D eigenvalue weighted by atomic mass is 10.1. The third kappa shape index (κ3) is 3.73. The molecule has 0 unspecified atom stereocenters. The summed E-state index contributed by atoms with van der Waals surface area (Å²) in [5.74, 6) is 0.935. The van der Waals surface area contributed by atoms with Crippen LogP contribution in [0.2, 0.25) is 0 Å². The number of carbonyl (C=O) groups excluding carboxylic acids is 1. The standard InChI is InChI=1S/C21H19BrN2O2/c22-17-8-6-15(7-9-17)13-20(25)24-12-10-18(14-24)26-19-5-1-3-16-4-2-11-23-21(16)19/h1-9,11,18H,10,12-14H2/t18-/m1/s1. The number of amides is 1. The summed E-state index contributed by atoms with van der Waals surface area (Å²) in [5, 5.41) is 1.06. The van der Waals surface area contributed by atoms with E-state index in [4.69, 9.17) is 4.74 Å². The molecule has 5 heteroatoms. The number of rotatable bonds is 4. The van der Waals surface area contributed by atoms with Crippen molar-refractivity contribution in [3.8, 4) is 5.75 Å². The van der Waals surface area contributed by atoms with Crippen LogP contribution in [0.4, 0.5) is 0 Å². The van der Waals surface area contributed by atoms with Crippen molar-refractivity contribution in [1.82, 2.24) is 9.88 Å². The van der Waals surface area contributed by atoms with Gasteiger partial charge in [0, 0.05) is 29.0 Å². The average Bonchev–Trinajstić information content (AvgIpc) is 3.13. The van der Waals surface area contributed by atoms with Crippen LogP contribution >= 0.6 is 15.9 Å². The molecule has 4 nitrogen and oxygen atoms in total. The van der Waals surface area contributed by atoms with Gasteiger partial charge in [-0.3, -0.25) is 9.78 Å². The van der Waals surface area contributed by atoms with Crippen molar-refractivity contribution in [2.75, 3.05) is 13.1 Å². The van der Waals surface area contributed by atoms with Gasteiger partial charge in [-0.15, -0.1) is 0 Å². The molecule has 1 amide bonds. The minimum Gasteiger partial charge on any atom is -0.486 e. The Morgan fingerprint density at radius 3 is 2.81 bits per heavy atom. The number of nitrogens with zero attached hydrogens (tertiary/aromatic N) is 2. The lowest BCUT2D eigenvalue weighted by molar-refractivity contribution is -0.129. The summed E-state index contributed by atoms with van der Waals surface area (Å²) in [6.45, 7) is 1.36. The monoisotopic (exact) mass is 410 g/mol. The molecular weight excluding hydrogens is 392 g/mol. The first-order valence-corrected chi connectivity index (χ1v) is 9.51. The number of fused-ring (bicyclic) bond motifs is 1. The molecule has 26 heavy (non-hydrogen) atoms. The number of para-hydroxylation sites is 1. The average molecular weight is 411 g/mol. The summed E-state index contributed by atoms with van der Waals surface area (Å²) in [6.07, 6.45) is 3.06. The number of hydrogen-bond donors (Lipinski definition) is 0. The van der Waals surface area contributed by atoms with Gasteiger partial charge in [-0.25, -0.2) is 0 Å². The van der Waals surface area contributed by atoms with E-state index >= 15 is 0 Å². The highest BCUT2D eigenvalue weighted by Gasteiger charge is 2.28. The molecule has 0 radical (unpaired) electrons. The molecule has 1 aromatic heterocycles. The molecule has 2 heterocycles. The topological polar surface area (TPSA) is 42.4 Å². The second kappa shape index (κ2) is 7.46. The zero-order valence-electron chi connectivity index (χ0n) is 14.3. The predicted octanol–water partition coefficient (Wildman–Crippen LogP) is 4.22. The van der Waals surface area contributed by atoms with Crippen molar-refractivity contribution in [2.45, 2.75) is 18.9 Å². The number of aromatic nitrogens is 1. The van der Waals surface area contributed by atoms with Crippen LogP contribution < -0.4 is 4.74 Å². The fourth-order valence-corrected chi connectivity index (χ4v) is 3.55. The maximum Gasteiger partial charge on any atom is 0.227 e. The minimum atomic E-state index is 0.0106. The second-order valence-electron chi connectivity index (χ2n) is 6.50. The molecule has 1 aliphatic rings. The number of hydrogen-bond acceptors (Lipinski definition) is 3. The lowest BCUT2D eigenvalue weighted by Gasteiger charge is -2.18. The Hall–Kier alpha value is -2.40. The van der Waals surface area contributed by atoms with Crippen LogP contribution in [0.15, 0.2) is 65.3 Å². The molecule has 0 spiro atoms. The second-order valence-corrected chi connectivity index (χ2v) is 7.42.